The minimum atomic E-state index is -0.543. The highest BCUT2D eigenvalue weighted by Gasteiger charge is 2.42. The standard InChI is InChI=1S/C23H32BN2O3S.CH4/c1-16(27)20-9-6-10-21-26(20)23(29)19(12-14-30-21)25-22(28)18(11-13-24-2)15-17-7-4-3-5-8-17;/h3-5,7-8,18-21H,6,9-15H2,1-2H3,(H,25,28);1H4/t18-,19-,20-,21-;/m0./s1. The molecule has 7 heteroatoms. The number of carbonyl (C=O) groups is 3. The Morgan fingerprint density at radius 1 is 1.23 bits per heavy atom. The molecular formula is C24H36BN2O3S. The van der Waals surface area contributed by atoms with Crippen LogP contribution in [0.4, 0.5) is 0 Å². The minimum absolute atomic E-state index is 0. The van der Waals surface area contributed by atoms with E-state index < -0.39 is 6.04 Å². The van der Waals surface area contributed by atoms with Gasteiger partial charge in [0.2, 0.25) is 11.8 Å². The van der Waals surface area contributed by atoms with E-state index in [1.54, 1.807) is 23.6 Å². The molecule has 0 spiro atoms. The van der Waals surface area contributed by atoms with Gasteiger partial charge < -0.3 is 10.2 Å². The Labute approximate surface area is 192 Å². The summed E-state index contributed by atoms with van der Waals surface area (Å²) in [5, 5.41) is 3.11. The molecule has 2 aliphatic heterocycles. The summed E-state index contributed by atoms with van der Waals surface area (Å²) in [6.45, 7) is 3.57. The lowest BCUT2D eigenvalue weighted by Crippen LogP contribution is -2.57. The van der Waals surface area contributed by atoms with Crippen LogP contribution in [-0.2, 0) is 20.8 Å². The van der Waals surface area contributed by atoms with Crippen LogP contribution in [0.3, 0.4) is 0 Å². The highest BCUT2D eigenvalue weighted by molar-refractivity contribution is 7.99. The zero-order valence-electron chi connectivity index (χ0n) is 18.0. The molecule has 2 heterocycles. The summed E-state index contributed by atoms with van der Waals surface area (Å²) in [6, 6.07) is 9.13. The van der Waals surface area contributed by atoms with Crippen LogP contribution in [0.5, 0.6) is 0 Å². The molecule has 2 amide bonds. The first kappa shape index (κ1) is 25.5. The molecule has 0 unspecified atom stereocenters. The molecule has 2 aliphatic rings. The third-order valence-electron chi connectivity index (χ3n) is 6.13. The molecule has 1 aromatic rings. The first-order valence-corrected chi connectivity index (χ1v) is 12.1. The van der Waals surface area contributed by atoms with E-state index in [-0.39, 0.29) is 42.4 Å². The maximum absolute atomic E-state index is 13.4. The van der Waals surface area contributed by atoms with Gasteiger partial charge in [-0.05, 0) is 56.8 Å². The monoisotopic (exact) mass is 443 g/mol. The van der Waals surface area contributed by atoms with E-state index in [1.165, 1.54) is 0 Å². The van der Waals surface area contributed by atoms with Crippen molar-refractivity contribution in [1.29, 1.82) is 0 Å². The van der Waals surface area contributed by atoms with E-state index in [2.05, 4.69) is 12.6 Å². The van der Waals surface area contributed by atoms with Gasteiger partial charge >= 0.3 is 0 Å². The zero-order valence-corrected chi connectivity index (χ0v) is 18.8. The van der Waals surface area contributed by atoms with Gasteiger partial charge in [0.25, 0.3) is 0 Å². The number of fused-ring (bicyclic) bond motifs is 1. The van der Waals surface area contributed by atoms with Gasteiger partial charge in [-0.2, -0.15) is 0 Å². The minimum Gasteiger partial charge on any atom is -0.344 e. The van der Waals surface area contributed by atoms with Crippen molar-refractivity contribution in [2.75, 3.05) is 5.75 Å². The average molecular weight is 443 g/mol. The van der Waals surface area contributed by atoms with Gasteiger partial charge in [-0.3, -0.25) is 14.4 Å². The number of amides is 2. The molecule has 0 aromatic heterocycles. The van der Waals surface area contributed by atoms with E-state index in [4.69, 9.17) is 0 Å². The third-order valence-corrected chi connectivity index (χ3v) is 7.45. The molecule has 2 fully saturated rings. The molecule has 5 nitrogen and oxygen atoms in total. The SMILES string of the molecule is C.C[B]CC[C@@H](Cc1ccccc1)C(=O)N[C@H]1CCS[C@H]2CCC[C@@H](C(C)=O)N2C1=O. The van der Waals surface area contributed by atoms with Crippen molar-refractivity contribution < 1.29 is 14.4 Å². The van der Waals surface area contributed by atoms with E-state index in [1.807, 2.05) is 37.2 Å². The number of hydrogen-bond donors (Lipinski definition) is 1. The Hall–Kier alpha value is -1.76. The number of hydrogen-bond acceptors (Lipinski definition) is 4. The van der Waals surface area contributed by atoms with Gasteiger partial charge in [-0.15, -0.1) is 11.8 Å². The van der Waals surface area contributed by atoms with Crippen LogP contribution in [0.25, 0.3) is 0 Å². The predicted octanol–water partition coefficient (Wildman–Crippen LogP) is 3.96. The van der Waals surface area contributed by atoms with Gasteiger partial charge in [0.15, 0.2) is 5.78 Å². The van der Waals surface area contributed by atoms with Crippen molar-refractivity contribution in [2.45, 2.75) is 83.5 Å². The van der Waals surface area contributed by atoms with E-state index in [0.717, 1.165) is 43.3 Å². The molecule has 2 saturated heterocycles. The highest BCUT2D eigenvalue weighted by atomic mass is 32.2. The Morgan fingerprint density at radius 3 is 2.65 bits per heavy atom. The second kappa shape index (κ2) is 12.3. The lowest BCUT2D eigenvalue weighted by Gasteiger charge is -2.40. The van der Waals surface area contributed by atoms with Gasteiger partial charge in [0, 0.05) is 5.92 Å². The number of thioether (sulfide) groups is 1. The van der Waals surface area contributed by atoms with Crippen LogP contribution in [-0.4, -0.2) is 53.0 Å². The van der Waals surface area contributed by atoms with Gasteiger partial charge in [-0.25, -0.2) is 0 Å². The summed E-state index contributed by atoms with van der Waals surface area (Å²) in [5.41, 5.74) is 1.13. The predicted molar refractivity (Wildman–Crippen MR) is 129 cm³/mol. The number of nitrogens with zero attached hydrogens (tertiary/aromatic N) is 1. The lowest BCUT2D eigenvalue weighted by atomic mass is 9.73. The summed E-state index contributed by atoms with van der Waals surface area (Å²) in [7, 11) is 2.08. The van der Waals surface area contributed by atoms with Crippen LogP contribution in [0.2, 0.25) is 13.1 Å². The molecule has 1 N–H and O–H groups in total. The first-order valence-electron chi connectivity index (χ1n) is 11.1. The molecule has 169 valence electrons. The maximum Gasteiger partial charge on any atom is 0.246 e. The van der Waals surface area contributed by atoms with Crippen molar-refractivity contribution in [3.63, 3.8) is 0 Å². The maximum atomic E-state index is 13.4. The summed E-state index contributed by atoms with van der Waals surface area (Å²) in [4.78, 5) is 40.5. The molecule has 0 bridgehead atoms. The van der Waals surface area contributed by atoms with Crippen LogP contribution in [0.15, 0.2) is 30.3 Å². The number of carbonyl (C=O) groups excluding carboxylic acids is 3. The van der Waals surface area contributed by atoms with Crippen LogP contribution < -0.4 is 5.32 Å². The quantitative estimate of drug-likeness (QED) is 0.618. The summed E-state index contributed by atoms with van der Waals surface area (Å²) >= 11 is 1.75. The fourth-order valence-electron chi connectivity index (χ4n) is 4.46. The van der Waals surface area contributed by atoms with E-state index in [9.17, 15) is 14.4 Å². The topological polar surface area (TPSA) is 66.5 Å². The van der Waals surface area contributed by atoms with Gasteiger partial charge in [-0.1, -0.05) is 50.9 Å². The largest absolute Gasteiger partial charge is 0.344 e. The number of benzene rings is 1. The smallest absolute Gasteiger partial charge is 0.246 e. The summed E-state index contributed by atoms with van der Waals surface area (Å²) in [6.07, 6.45) is 5.51. The van der Waals surface area contributed by atoms with Crippen molar-refractivity contribution in [3.8, 4) is 0 Å². The normalized spacial score (nSPS) is 24.3. The number of Topliss-reactive ketones (excluding diaryl/α,β-unsaturated/α-hetero) is 1. The van der Waals surface area contributed by atoms with Crippen molar-refractivity contribution >= 4 is 36.6 Å². The molecule has 3 rings (SSSR count). The van der Waals surface area contributed by atoms with Crippen molar-refractivity contribution in [3.05, 3.63) is 35.9 Å². The third kappa shape index (κ3) is 6.61. The second-order valence-corrected chi connectivity index (χ2v) is 9.64. The van der Waals surface area contributed by atoms with Crippen LogP contribution in [0.1, 0.15) is 52.0 Å². The van der Waals surface area contributed by atoms with E-state index >= 15 is 0 Å². The molecule has 1 radical (unpaired) electrons. The van der Waals surface area contributed by atoms with Crippen molar-refractivity contribution in [2.24, 2.45) is 5.92 Å². The number of ketones is 1. The van der Waals surface area contributed by atoms with Gasteiger partial charge in [0.1, 0.15) is 13.3 Å². The Kier molecular flexibility index (Phi) is 10.1. The number of rotatable bonds is 8. The Balaban J connectivity index is 0.00000341. The van der Waals surface area contributed by atoms with Gasteiger partial charge in [0.05, 0.1) is 11.4 Å². The fourth-order valence-corrected chi connectivity index (χ4v) is 5.85. The van der Waals surface area contributed by atoms with Crippen LogP contribution in [0, 0.1) is 5.92 Å². The fraction of sp³-hybridized carbons (Fsp3) is 0.625. The number of nitrogens with one attached hydrogen (secondary N) is 1. The number of piperidine rings is 1. The lowest BCUT2D eigenvalue weighted by molar-refractivity contribution is -0.144. The Bertz CT molecular complexity index is 746. The average Bonchev–Trinajstić information content (AvgIpc) is 2.90. The van der Waals surface area contributed by atoms with Crippen molar-refractivity contribution in [1.82, 2.24) is 10.2 Å². The van der Waals surface area contributed by atoms with Crippen LogP contribution >= 0.6 is 11.8 Å². The molecule has 1 aromatic carbocycles. The molecule has 0 saturated carbocycles. The summed E-state index contributed by atoms with van der Waals surface area (Å²) < 4.78 is 0. The second-order valence-electron chi connectivity index (χ2n) is 8.35. The highest BCUT2D eigenvalue weighted by Crippen LogP contribution is 2.34. The molecule has 4 atom stereocenters. The Morgan fingerprint density at radius 2 is 1.97 bits per heavy atom. The first-order chi connectivity index (χ1) is 14.5. The molecular weight excluding hydrogens is 407 g/mol. The zero-order chi connectivity index (χ0) is 21.5. The molecule has 31 heavy (non-hydrogen) atoms. The summed E-state index contributed by atoms with van der Waals surface area (Å²) in [5.74, 6) is 0.543. The molecule has 0 aliphatic carbocycles. The van der Waals surface area contributed by atoms with E-state index in [0.29, 0.717) is 12.8 Å².